The number of nitrogens with zero attached hydrogens (tertiary/aromatic N) is 4. The number of hydrogen-bond donors (Lipinski definition) is 0. The van der Waals surface area contributed by atoms with Gasteiger partial charge in [0.05, 0.1) is 19.0 Å². The summed E-state index contributed by atoms with van der Waals surface area (Å²) in [5, 5.41) is 0. The second-order valence-corrected chi connectivity index (χ2v) is 7.69. The van der Waals surface area contributed by atoms with E-state index in [2.05, 4.69) is 16.8 Å². The SMILES string of the molecule is CN1CCN([C@H]2CC(=O)N(Cc3ccc(N4CCCC4=O)cc3)C2=O)CC1. The zero-order valence-electron chi connectivity index (χ0n) is 15.8. The number of likely N-dealkylation sites (N-methyl/N-ethyl adjacent to an activating group) is 1. The Morgan fingerprint density at radius 3 is 2.26 bits per heavy atom. The zero-order valence-corrected chi connectivity index (χ0v) is 15.8. The van der Waals surface area contributed by atoms with Crippen LogP contribution in [-0.2, 0) is 20.9 Å². The molecule has 144 valence electrons. The fourth-order valence-corrected chi connectivity index (χ4v) is 4.14. The summed E-state index contributed by atoms with van der Waals surface area (Å²) in [6.07, 6.45) is 1.78. The van der Waals surface area contributed by atoms with Crippen molar-refractivity contribution in [2.24, 2.45) is 0 Å². The molecule has 1 aromatic rings. The first-order valence-electron chi connectivity index (χ1n) is 9.69. The number of piperazine rings is 1. The van der Waals surface area contributed by atoms with Crippen molar-refractivity contribution in [2.75, 3.05) is 44.7 Å². The van der Waals surface area contributed by atoms with Crippen LogP contribution in [0.1, 0.15) is 24.8 Å². The van der Waals surface area contributed by atoms with Gasteiger partial charge in [-0.2, -0.15) is 0 Å². The molecule has 0 unspecified atom stereocenters. The lowest BCUT2D eigenvalue weighted by Gasteiger charge is -2.35. The van der Waals surface area contributed by atoms with Crippen molar-refractivity contribution in [3.8, 4) is 0 Å². The molecule has 7 nitrogen and oxygen atoms in total. The average Bonchev–Trinajstić information content (AvgIpc) is 3.21. The van der Waals surface area contributed by atoms with Crippen LogP contribution in [0.25, 0.3) is 0 Å². The number of imide groups is 1. The highest BCUT2D eigenvalue weighted by Crippen LogP contribution is 2.25. The molecule has 1 atom stereocenters. The third-order valence-corrected chi connectivity index (χ3v) is 5.86. The number of anilines is 1. The van der Waals surface area contributed by atoms with E-state index in [1.54, 1.807) is 4.90 Å². The van der Waals surface area contributed by atoms with E-state index in [0.29, 0.717) is 13.0 Å². The quantitative estimate of drug-likeness (QED) is 0.730. The van der Waals surface area contributed by atoms with E-state index in [9.17, 15) is 14.4 Å². The molecule has 1 aromatic carbocycles. The van der Waals surface area contributed by atoms with E-state index in [0.717, 1.165) is 50.4 Å². The summed E-state index contributed by atoms with van der Waals surface area (Å²) in [7, 11) is 2.07. The molecule has 27 heavy (non-hydrogen) atoms. The van der Waals surface area contributed by atoms with Crippen LogP contribution in [0.4, 0.5) is 5.69 Å². The molecule has 3 aliphatic heterocycles. The van der Waals surface area contributed by atoms with E-state index in [4.69, 9.17) is 0 Å². The van der Waals surface area contributed by atoms with Crippen molar-refractivity contribution in [3.63, 3.8) is 0 Å². The van der Waals surface area contributed by atoms with E-state index in [-0.39, 0.29) is 30.2 Å². The predicted molar refractivity (Wildman–Crippen MR) is 101 cm³/mol. The van der Waals surface area contributed by atoms with Gasteiger partial charge in [-0.1, -0.05) is 12.1 Å². The van der Waals surface area contributed by atoms with Gasteiger partial charge in [-0.25, -0.2) is 0 Å². The Balaban J connectivity index is 1.41. The Labute approximate surface area is 159 Å². The predicted octanol–water partition coefficient (Wildman–Crippen LogP) is 0.688. The molecule has 0 saturated carbocycles. The van der Waals surface area contributed by atoms with Gasteiger partial charge in [-0.3, -0.25) is 24.2 Å². The number of benzene rings is 1. The minimum atomic E-state index is -0.312. The van der Waals surface area contributed by atoms with Crippen LogP contribution in [0, 0.1) is 0 Å². The van der Waals surface area contributed by atoms with E-state index in [1.165, 1.54) is 4.90 Å². The first-order valence-corrected chi connectivity index (χ1v) is 9.69. The van der Waals surface area contributed by atoms with E-state index >= 15 is 0 Å². The zero-order chi connectivity index (χ0) is 19.0. The molecule has 0 aliphatic carbocycles. The van der Waals surface area contributed by atoms with Gasteiger partial charge in [0.1, 0.15) is 0 Å². The van der Waals surface area contributed by atoms with Crippen LogP contribution >= 0.6 is 0 Å². The molecular weight excluding hydrogens is 344 g/mol. The van der Waals surface area contributed by atoms with Gasteiger partial charge in [0.25, 0.3) is 0 Å². The first kappa shape index (κ1) is 18.1. The number of carbonyl (C=O) groups excluding carboxylic acids is 3. The van der Waals surface area contributed by atoms with Gasteiger partial charge < -0.3 is 9.80 Å². The molecule has 3 heterocycles. The number of hydrogen-bond acceptors (Lipinski definition) is 5. The smallest absolute Gasteiger partial charge is 0.247 e. The highest BCUT2D eigenvalue weighted by molar-refractivity contribution is 6.05. The lowest BCUT2D eigenvalue weighted by molar-refractivity contribution is -0.140. The fourth-order valence-electron chi connectivity index (χ4n) is 4.14. The van der Waals surface area contributed by atoms with Crippen LogP contribution in [-0.4, -0.2) is 78.2 Å². The number of likely N-dealkylation sites (tertiary alicyclic amines) is 1. The molecule has 7 heteroatoms. The van der Waals surface area contributed by atoms with Gasteiger partial charge in [0.15, 0.2) is 0 Å². The Morgan fingerprint density at radius 2 is 1.63 bits per heavy atom. The first-order chi connectivity index (χ1) is 13.0. The Morgan fingerprint density at radius 1 is 0.926 bits per heavy atom. The lowest BCUT2D eigenvalue weighted by atomic mass is 10.1. The molecule has 3 aliphatic rings. The third-order valence-electron chi connectivity index (χ3n) is 5.86. The van der Waals surface area contributed by atoms with Crippen molar-refractivity contribution in [2.45, 2.75) is 31.8 Å². The standard InChI is InChI=1S/C20H26N4O3/c1-21-9-11-22(12-10-21)17-13-19(26)24(20(17)27)14-15-4-6-16(7-5-15)23-8-2-3-18(23)25/h4-7,17H,2-3,8-14H2,1H3/t17-/m0/s1. The number of amides is 3. The highest BCUT2D eigenvalue weighted by atomic mass is 16.2. The molecule has 0 bridgehead atoms. The van der Waals surface area contributed by atoms with Gasteiger partial charge in [-0.15, -0.1) is 0 Å². The highest BCUT2D eigenvalue weighted by Gasteiger charge is 2.42. The Kier molecular flexibility index (Phi) is 4.97. The fraction of sp³-hybridized carbons (Fsp3) is 0.550. The maximum atomic E-state index is 12.8. The largest absolute Gasteiger partial charge is 0.312 e. The van der Waals surface area contributed by atoms with Crippen LogP contribution in [0.3, 0.4) is 0 Å². The van der Waals surface area contributed by atoms with Crippen molar-refractivity contribution >= 4 is 23.4 Å². The molecule has 3 saturated heterocycles. The third kappa shape index (κ3) is 3.61. The number of rotatable bonds is 4. The normalized spacial score (nSPS) is 25.1. The maximum Gasteiger partial charge on any atom is 0.247 e. The van der Waals surface area contributed by atoms with Crippen LogP contribution < -0.4 is 4.90 Å². The van der Waals surface area contributed by atoms with Crippen LogP contribution in [0.15, 0.2) is 24.3 Å². The van der Waals surface area contributed by atoms with Gasteiger partial charge in [0, 0.05) is 44.8 Å². The summed E-state index contributed by atoms with van der Waals surface area (Å²) in [5.41, 5.74) is 1.79. The minimum absolute atomic E-state index is 0.0802. The van der Waals surface area contributed by atoms with Crippen molar-refractivity contribution in [3.05, 3.63) is 29.8 Å². The number of carbonyl (C=O) groups is 3. The molecule has 0 radical (unpaired) electrons. The van der Waals surface area contributed by atoms with Crippen LogP contribution in [0.2, 0.25) is 0 Å². The summed E-state index contributed by atoms with van der Waals surface area (Å²) in [6, 6.07) is 7.31. The minimum Gasteiger partial charge on any atom is -0.312 e. The summed E-state index contributed by atoms with van der Waals surface area (Å²) < 4.78 is 0. The van der Waals surface area contributed by atoms with E-state index in [1.807, 2.05) is 24.3 Å². The molecule has 0 aromatic heterocycles. The van der Waals surface area contributed by atoms with E-state index < -0.39 is 0 Å². The van der Waals surface area contributed by atoms with Gasteiger partial charge in [-0.05, 0) is 31.2 Å². The average molecular weight is 370 g/mol. The van der Waals surface area contributed by atoms with Crippen molar-refractivity contribution in [1.29, 1.82) is 0 Å². The summed E-state index contributed by atoms with van der Waals surface area (Å²) >= 11 is 0. The van der Waals surface area contributed by atoms with Crippen LogP contribution in [0.5, 0.6) is 0 Å². The Hall–Kier alpha value is -2.25. The molecule has 0 N–H and O–H groups in total. The van der Waals surface area contributed by atoms with Crippen molar-refractivity contribution in [1.82, 2.24) is 14.7 Å². The molecule has 4 rings (SSSR count). The maximum absolute atomic E-state index is 12.8. The topological polar surface area (TPSA) is 64.2 Å². The second-order valence-electron chi connectivity index (χ2n) is 7.69. The molecule has 0 spiro atoms. The molecule has 3 fully saturated rings. The second kappa shape index (κ2) is 7.40. The lowest BCUT2D eigenvalue weighted by Crippen LogP contribution is -2.51. The summed E-state index contributed by atoms with van der Waals surface area (Å²) in [4.78, 5) is 44.7. The monoisotopic (exact) mass is 370 g/mol. The Bertz CT molecular complexity index is 740. The summed E-state index contributed by atoms with van der Waals surface area (Å²) in [5.74, 6) is -0.0197. The van der Waals surface area contributed by atoms with Gasteiger partial charge in [0.2, 0.25) is 17.7 Å². The van der Waals surface area contributed by atoms with Gasteiger partial charge >= 0.3 is 0 Å². The summed E-state index contributed by atoms with van der Waals surface area (Å²) in [6.45, 7) is 4.56. The molecular formula is C20H26N4O3. The molecule has 3 amide bonds. The van der Waals surface area contributed by atoms with Crippen molar-refractivity contribution < 1.29 is 14.4 Å².